The van der Waals surface area contributed by atoms with Gasteiger partial charge in [-0.2, -0.15) is 4.31 Å². The third-order valence-corrected chi connectivity index (χ3v) is 8.81. The van der Waals surface area contributed by atoms with Crippen LogP contribution in [0.5, 0.6) is 0 Å². The Kier molecular flexibility index (Phi) is 7.48. The van der Waals surface area contributed by atoms with Crippen LogP contribution in [-0.2, 0) is 10.0 Å². The molecule has 0 saturated carbocycles. The lowest BCUT2D eigenvalue weighted by atomic mass is 9.87. The van der Waals surface area contributed by atoms with Gasteiger partial charge in [-0.1, -0.05) is 42.5 Å². The lowest BCUT2D eigenvalue weighted by Gasteiger charge is -2.32. The lowest BCUT2D eigenvalue weighted by Crippen LogP contribution is -2.38. The molecule has 0 atom stereocenters. The maximum Gasteiger partial charge on any atom is 0.243 e. The topological polar surface area (TPSA) is 49.4 Å². The van der Waals surface area contributed by atoms with Gasteiger partial charge in [0.25, 0.3) is 0 Å². The Morgan fingerprint density at radius 3 is 2.07 bits per heavy atom. The molecule has 3 rings (SSSR count). The first-order chi connectivity index (χ1) is 12.9. The van der Waals surface area contributed by atoms with Gasteiger partial charge in [0.1, 0.15) is 0 Å². The molecule has 1 aromatic rings. The quantitative estimate of drug-likeness (QED) is 0.696. The first-order valence-electron chi connectivity index (χ1n) is 10.0. The normalized spacial score (nSPS) is 20.9. The summed E-state index contributed by atoms with van der Waals surface area (Å²) in [6.07, 6.45) is 8.31. The second-order valence-corrected chi connectivity index (χ2v) is 10.7. The number of nitrogens with one attached hydrogen (secondary N) is 1. The van der Waals surface area contributed by atoms with Crippen LogP contribution in [0.25, 0.3) is 0 Å². The monoisotopic (exact) mass is 432 g/mol. The predicted molar refractivity (Wildman–Crippen MR) is 112 cm³/mol. The molecule has 0 unspecified atom stereocenters. The van der Waals surface area contributed by atoms with Crippen molar-refractivity contribution in [2.24, 2.45) is 11.8 Å². The molecule has 152 valence electrons. The summed E-state index contributed by atoms with van der Waals surface area (Å²) in [5, 5.41) is 4.21. The number of hydrogen-bond donors (Lipinski definition) is 1. The van der Waals surface area contributed by atoms with E-state index in [-0.39, 0.29) is 4.90 Å². The molecule has 2 aliphatic heterocycles. The van der Waals surface area contributed by atoms with Crippen LogP contribution in [0.1, 0.15) is 50.5 Å². The number of piperidine rings is 2. The van der Waals surface area contributed by atoms with Crippen molar-refractivity contribution >= 4 is 33.2 Å². The van der Waals surface area contributed by atoms with Crippen molar-refractivity contribution in [2.75, 3.05) is 26.2 Å². The molecule has 0 bridgehead atoms. The highest BCUT2D eigenvalue weighted by Gasteiger charge is 2.30. The molecule has 4 nitrogen and oxygen atoms in total. The van der Waals surface area contributed by atoms with Crippen LogP contribution >= 0.6 is 23.2 Å². The summed E-state index contributed by atoms with van der Waals surface area (Å²) < 4.78 is 27.5. The van der Waals surface area contributed by atoms with Gasteiger partial charge in [-0.25, -0.2) is 8.42 Å². The summed E-state index contributed by atoms with van der Waals surface area (Å²) in [4.78, 5) is 0.201. The number of benzene rings is 1. The molecule has 0 aromatic heterocycles. The first kappa shape index (κ1) is 21.4. The van der Waals surface area contributed by atoms with E-state index in [0.717, 1.165) is 31.8 Å². The minimum atomic E-state index is -3.53. The van der Waals surface area contributed by atoms with E-state index in [1.54, 1.807) is 11.2 Å². The van der Waals surface area contributed by atoms with Crippen molar-refractivity contribution in [2.45, 2.75) is 56.8 Å². The first-order valence-corrected chi connectivity index (χ1v) is 12.2. The SMILES string of the molecule is Cc1c(Cl)cc(S(=O)(=O)N2CCC(CCCC3CCNCC3)CC2)cc1Cl. The van der Waals surface area contributed by atoms with Crippen molar-refractivity contribution in [3.8, 4) is 0 Å². The van der Waals surface area contributed by atoms with E-state index >= 15 is 0 Å². The van der Waals surface area contributed by atoms with E-state index in [9.17, 15) is 8.42 Å². The highest BCUT2D eigenvalue weighted by molar-refractivity contribution is 7.89. The van der Waals surface area contributed by atoms with Gasteiger partial charge < -0.3 is 5.32 Å². The van der Waals surface area contributed by atoms with E-state index in [1.165, 1.54) is 44.2 Å². The average Bonchev–Trinajstić information content (AvgIpc) is 2.67. The Morgan fingerprint density at radius 2 is 1.52 bits per heavy atom. The second kappa shape index (κ2) is 9.45. The molecule has 27 heavy (non-hydrogen) atoms. The largest absolute Gasteiger partial charge is 0.317 e. The van der Waals surface area contributed by atoms with Crippen molar-refractivity contribution in [1.29, 1.82) is 0 Å². The zero-order chi connectivity index (χ0) is 19.4. The van der Waals surface area contributed by atoms with Crippen molar-refractivity contribution < 1.29 is 8.42 Å². The zero-order valence-corrected chi connectivity index (χ0v) is 18.3. The number of halogens is 2. The predicted octanol–water partition coefficient (Wildman–Crippen LogP) is 4.87. The fraction of sp³-hybridized carbons (Fsp3) is 0.700. The molecular weight excluding hydrogens is 403 g/mol. The Balaban J connectivity index is 1.50. The Hall–Kier alpha value is -0.330. The number of rotatable bonds is 6. The smallest absolute Gasteiger partial charge is 0.243 e. The highest BCUT2D eigenvalue weighted by atomic mass is 35.5. The van der Waals surface area contributed by atoms with Gasteiger partial charge in [0.15, 0.2) is 0 Å². The summed E-state index contributed by atoms with van der Waals surface area (Å²) in [5.41, 5.74) is 0.713. The lowest BCUT2D eigenvalue weighted by molar-refractivity contribution is 0.250. The molecule has 0 amide bonds. The molecule has 0 radical (unpaired) electrons. The Bertz CT molecular complexity index is 717. The fourth-order valence-electron chi connectivity index (χ4n) is 4.22. The third kappa shape index (κ3) is 5.39. The van der Waals surface area contributed by atoms with Crippen LogP contribution < -0.4 is 5.32 Å². The van der Waals surface area contributed by atoms with Gasteiger partial charge in [-0.15, -0.1) is 0 Å². The van der Waals surface area contributed by atoms with Crippen LogP contribution in [-0.4, -0.2) is 38.9 Å². The molecule has 0 aliphatic carbocycles. The van der Waals surface area contributed by atoms with Gasteiger partial charge in [-0.3, -0.25) is 0 Å². The van der Waals surface area contributed by atoms with Gasteiger partial charge >= 0.3 is 0 Å². The number of hydrogen-bond acceptors (Lipinski definition) is 3. The van der Waals surface area contributed by atoms with Crippen LogP contribution in [0.3, 0.4) is 0 Å². The summed E-state index contributed by atoms with van der Waals surface area (Å²) in [6, 6.07) is 3.03. The van der Waals surface area contributed by atoms with Crippen LogP contribution in [0, 0.1) is 18.8 Å². The van der Waals surface area contributed by atoms with Gasteiger partial charge in [0.2, 0.25) is 10.0 Å². The van der Waals surface area contributed by atoms with E-state index in [2.05, 4.69) is 5.32 Å². The fourth-order valence-corrected chi connectivity index (χ4v) is 6.36. The molecular formula is C20H30Cl2N2O2S. The minimum absolute atomic E-state index is 0.201. The van der Waals surface area contributed by atoms with E-state index < -0.39 is 10.0 Å². The van der Waals surface area contributed by atoms with Crippen LogP contribution in [0.4, 0.5) is 0 Å². The summed E-state index contributed by atoms with van der Waals surface area (Å²) >= 11 is 12.3. The van der Waals surface area contributed by atoms with Crippen molar-refractivity contribution in [1.82, 2.24) is 9.62 Å². The van der Waals surface area contributed by atoms with Gasteiger partial charge in [0, 0.05) is 23.1 Å². The number of sulfonamides is 1. The zero-order valence-electron chi connectivity index (χ0n) is 16.0. The van der Waals surface area contributed by atoms with E-state index in [0.29, 0.717) is 34.6 Å². The van der Waals surface area contributed by atoms with Crippen molar-refractivity contribution in [3.05, 3.63) is 27.7 Å². The molecule has 2 heterocycles. The molecule has 1 N–H and O–H groups in total. The molecule has 2 aliphatic rings. The standard InChI is InChI=1S/C20H30Cl2N2O2S/c1-15-19(21)13-18(14-20(15)22)27(25,26)24-11-7-17(8-12-24)4-2-3-16-5-9-23-10-6-16/h13-14,16-17,23H,2-12H2,1H3. The van der Waals surface area contributed by atoms with Gasteiger partial charge in [0.05, 0.1) is 4.90 Å². The Labute approximate surface area is 173 Å². The maximum absolute atomic E-state index is 12.9. The molecule has 2 fully saturated rings. The average molecular weight is 433 g/mol. The third-order valence-electron chi connectivity index (χ3n) is 6.15. The molecule has 0 spiro atoms. The molecule has 7 heteroatoms. The van der Waals surface area contributed by atoms with Crippen LogP contribution in [0.15, 0.2) is 17.0 Å². The maximum atomic E-state index is 12.9. The Morgan fingerprint density at radius 1 is 1.00 bits per heavy atom. The molecule has 2 saturated heterocycles. The minimum Gasteiger partial charge on any atom is -0.317 e. The summed E-state index contributed by atoms with van der Waals surface area (Å²) in [6.45, 7) is 5.28. The summed E-state index contributed by atoms with van der Waals surface area (Å²) in [7, 11) is -3.53. The van der Waals surface area contributed by atoms with Crippen molar-refractivity contribution in [3.63, 3.8) is 0 Å². The number of nitrogens with zero attached hydrogens (tertiary/aromatic N) is 1. The van der Waals surface area contributed by atoms with Gasteiger partial charge in [-0.05, 0) is 75.2 Å². The highest BCUT2D eigenvalue weighted by Crippen LogP contribution is 2.32. The summed E-state index contributed by atoms with van der Waals surface area (Å²) in [5.74, 6) is 1.52. The molecule has 1 aromatic carbocycles. The van der Waals surface area contributed by atoms with E-state index in [1.807, 2.05) is 0 Å². The second-order valence-electron chi connectivity index (χ2n) is 7.98. The van der Waals surface area contributed by atoms with Crippen LogP contribution in [0.2, 0.25) is 10.0 Å². The van der Waals surface area contributed by atoms with E-state index in [4.69, 9.17) is 23.2 Å².